The Balaban J connectivity index is 1.59. The number of alkyl halides is 4. The smallest absolute Gasteiger partial charge is 0.368 e. The first-order valence-corrected chi connectivity index (χ1v) is 11.0. The van der Waals surface area contributed by atoms with Gasteiger partial charge in [-0.15, -0.1) is 11.3 Å². The molecule has 1 aliphatic heterocycles. The molecule has 4 aromatic rings. The van der Waals surface area contributed by atoms with E-state index in [9.17, 15) is 22.4 Å². The number of aromatic nitrogens is 3. The maximum atomic E-state index is 13.8. The van der Waals surface area contributed by atoms with Crippen molar-refractivity contribution in [1.82, 2.24) is 15.0 Å². The summed E-state index contributed by atoms with van der Waals surface area (Å²) < 4.78 is 55.0. The number of hydrogen-bond donors (Lipinski definition) is 2. The van der Waals surface area contributed by atoms with Gasteiger partial charge >= 0.3 is 6.18 Å². The molecule has 5 rings (SSSR count). The van der Waals surface area contributed by atoms with E-state index in [2.05, 4.69) is 20.3 Å². The number of thiazole rings is 1. The van der Waals surface area contributed by atoms with Gasteiger partial charge < -0.3 is 9.88 Å². The zero-order chi connectivity index (χ0) is 23.2. The molecule has 11 heteroatoms. The Bertz CT molecular complexity index is 1320. The zero-order valence-corrected chi connectivity index (χ0v) is 17.8. The minimum absolute atomic E-state index is 0.0235. The van der Waals surface area contributed by atoms with Gasteiger partial charge in [0, 0.05) is 35.9 Å². The van der Waals surface area contributed by atoms with Crippen LogP contribution in [0.4, 0.5) is 28.4 Å². The molecule has 0 radical (unpaired) electrons. The van der Waals surface area contributed by atoms with Gasteiger partial charge in [-0.1, -0.05) is 6.07 Å². The lowest BCUT2D eigenvalue weighted by Gasteiger charge is -2.20. The van der Waals surface area contributed by atoms with Crippen LogP contribution in [0.2, 0.25) is 0 Å². The monoisotopic (exact) mass is 475 g/mol. The number of anilines is 2. The lowest BCUT2D eigenvalue weighted by molar-refractivity contribution is -0.137. The highest BCUT2D eigenvalue weighted by Gasteiger charge is 2.35. The van der Waals surface area contributed by atoms with Gasteiger partial charge in [-0.25, -0.2) is 14.4 Å². The highest BCUT2D eigenvalue weighted by atomic mass is 32.1. The fraction of sp³-hybridized carbons (Fsp3) is 0.227. The Kier molecular flexibility index (Phi) is 5.28. The summed E-state index contributed by atoms with van der Waals surface area (Å²) in [7, 11) is 0. The Morgan fingerprint density at radius 1 is 1.24 bits per heavy atom. The minimum atomic E-state index is -4.62. The molecule has 0 aliphatic carbocycles. The number of carbonyl (C=O) groups excluding carboxylic acids is 1. The summed E-state index contributed by atoms with van der Waals surface area (Å²) in [5, 5.41) is 4.77. The molecular weight excluding hydrogens is 458 g/mol. The molecular formula is C22H17F4N5OS. The molecule has 6 nitrogen and oxygen atoms in total. The van der Waals surface area contributed by atoms with Crippen molar-refractivity contribution < 1.29 is 22.4 Å². The van der Waals surface area contributed by atoms with Crippen LogP contribution in [-0.2, 0) is 6.18 Å². The first kappa shape index (κ1) is 21.4. The highest BCUT2D eigenvalue weighted by Crippen LogP contribution is 2.39. The van der Waals surface area contributed by atoms with Gasteiger partial charge in [0.1, 0.15) is 17.5 Å². The fourth-order valence-electron chi connectivity index (χ4n) is 3.92. The molecule has 1 atom stereocenters. The normalized spacial score (nSPS) is 16.5. The van der Waals surface area contributed by atoms with E-state index in [4.69, 9.17) is 0 Å². The summed E-state index contributed by atoms with van der Waals surface area (Å²) in [5.41, 5.74) is 0.320. The molecule has 1 fully saturated rings. The number of para-hydroxylation sites is 1. The van der Waals surface area contributed by atoms with Crippen molar-refractivity contribution in [1.29, 1.82) is 0 Å². The average Bonchev–Trinajstić information content (AvgIpc) is 3.53. The molecule has 0 spiro atoms. The number of amides is 1. The van der Waals surface area contributed by atoms with Crippen LogP contribution in [0.25, 0.3) is 22.4 Å². The standard InChI is InChI=1S/C22H17F4N5OS/c23-12-6-8-31(11-12)13-4-5-16(22(24,25)26)15(10-13)19-28-17-3-1-2-14(18(17)29-19)20(32)30-21-27-7-9-33-21/h1-5,7,9-10,12H,6,8,11H2,(H,28,29)(H,27,30,32)/t12-/m0/s1. The van der Waals surface area contributed by atoms with Crippen LogP contribution < -0.4 is 10.2 Å². The maximum absolute atomic E-state index is 13.8. The summed E-state index contributed by atoms with van der Waals surface area (Å²) in [6, 6.07) is 8.50. The molecule has 3 heterocycles. The summed E-state index contributed by atoms with van der Waals surface area (Å²) in [5.74, 6) is -0.492. The molecule has 1 aliphatic rings. The van der Waals surface area contributed by atoms with Crippen LogP contribution in [0.5, 0.6) is 0 Å². The van der Waals surface area contributed by atoms with Gasteiger partial charge in [-0.2, -0.15) is 13.2 Å². The van der Waals surface area contributed by atoms with Crippen LogP contribution >= 0.6 is 11.3 Å². The second kappa shape index (κ2) is 8.14. The number of aromatic amines is 1. The zero-order valence-electron chi connectivity index (χ0n) is 17.0. The van der Waals surface area contributed by atoms with E-state index in [0.717, 1.165) is 6.07 Å². The van der Waals surface area contributed by atoms with Crippen molar-refractivity contribution in [3.8, 4) is 11.4 Å². The molecule has 1 saturated heterocycles. The fourth-order valence-corrected chi connectivity index (χ4v) is 4.44. The van der Waals surface area contributed by atoms with E-state index < -0.39 is 23.8 Å². The van der Waals surface area contributed by atoms with Crippen LogP contribution in [0, 0.1) is 0 Å². The SMILES string of the molecule is O=C(Nc1nccs1)c1cccc2[nH]c(-c3cc(N4CC[C@H](F)C4)ccc3C(F)(F)F)nc12. The molecule has 2 N–H and O–H groups in total. The number of nitrogens with one attached hydrogen (secondary N) is 2. The van der Waals surface area contributed by atoms with Gasteiger partial charge in [0.15, 0.2) is 5.13 Å². The van der Waals surface area contributed by atoms with Gasteiger partial charge in [-0.3, -0.25) is 10.1 Å². The number of H-pyrrole nitrogens is 1. The Morgan fingerprint density at radius 3 is 2.79 bits per heavy atom. The number of benzene rings is 2. The largest absolute Gasteiger partial charge is 0.417 e. The molecule has 33 heavy (non-hydrogen) atoms. The predicted molar refractivity (Wildman–Crippen MR) is 118 cm³/mol. The van der Waals surface area contributed by atoms with E-state index >= 15 is 0 Å². The van der Waals surface area contributed by atoms with Gasteiger partial charge in [-0.05, 0) is 36.8 Å². The molecule has 0 unspecified atom stereocenters. The van der Waals surface area contributed by atoms with Crippen LogP contribution in [0.1, 0.15) is 22.3 Å². The average molecular weight is 475 g/mol. The van der Waals surface area contributed by atoms with E-state index in [1.54, 1.807) is 34.7 Å². The topological polar surface area (TPSA) is 73.9 Å². The maximum Gasteiger partial charge on any atom is 0.417 e. The first-order valence-electron chi connectivity index (χ1n) is 10.1. The number of hydrogen-bond acceptors (Lipinski definition) is 5. The number of nitrogens with zero attached hydrogens (tertiary/aromatic N) is 3. The Hall–Kier alpha value is -3.47. The molecule has 2 aromatic carbocycles. The second-order valence-corrected chi connectivity index (χ2v) is 8.53. The van der Waals surface area contributed by atoms with Crippen LogP contribution in [0.3, 0.4) is 0 Å². The minimum Gasteiger partial charge on any atom is -0.368 e. The van der Waals surface area contributed by atoms with Crippen LogP contribution in [-0.4, -0.2) is 40.1 Å². The third-order valence-corrected chi connectivity index (χ3v) is 6.16. The van der Waals surface area contributed by atoms with Crippen molar-refractivity contribution in [3.63, 3.8) is 0 Å². The summed E-state index contributed by atoms with van der Waals surface area (Å²) in [6.07, 6.45) is -3.75. The van der Waals surface area contributed by atoms with Crippen molar-refractivity contribution in [2.45, 2.75) is 18.8 Å². The van der Waals surface area contributed by atoms with Crippen LogP contribution in [0.15, 0.2) is 48.0 Å². The molecule has 2 aromatic heterocycles. The van der Waals surface area contributed by atoms with Crippen molar-refractivity contribution >= 4 is 39.1 Å². The van der Waals surface area contributed by atoms with E-state index in [1.165, 1.54) is 23.5 Å². The third-order valence-electron chi connectivity index (χ3n) is 5.47. The molecule has 170 valence electrons. The lowest BCUT2D eigenvalue weighted by atomic mass is 10.0. The highest BCUT2D eigenvalue weighted by molar-refractivity contribution is 7.13. The summed E-state index contributed by atoms with van der Waals surface area (Å²) >= 11 is 1.24. The number of carbonyl (C=O) groups is 1. The van der Waals surface area contributed by atoms with E-state index in [-0.39, 0.29) is 29.0 Å². The number of fused-ring (bicyclic) bond motifs is 1. The van der Waals surface area contributed by atoms with Gasteiger partial charge in [0.05, 0.1) is 16.6 Å². The van der Waals surface area contributed by atoms with Crippen molar-refractivity contribution in [3.05, 3.63) is 59.1 Å². The number of imidazole rings is 1. The van der Waals surface area contributed by atoms with E-state index in [1.807, 2.05) is 0 Å². The quantitative estimate of drug-likeness (QED) is 0.382. The lowest BCUT2D eigenvalue weighted by Crippen LogP contribution is -2.20. The molecule has 1 amide bonds. The van der Waals surface area contributed by atoms with Crippen molar-refractivity contribution in [2.75, 3.05) is 23.3 Å². The van der Waals surface area contributed by atoms with Gasteiger partial charge in [0.25, 0.3) is 5.91 Å². The van der Waals surface area contributed by atoms with E-state index in [0.29, 0.717) is 29.3 Å². The number of halogens is 4. The number of rotatable bonds is 4. The van der Waals surface area contributed by atoms with Crippen molar-refractivity contribution in [2.24, 2.45) is 0 Å². The predicted octanol–water partition coefficient (Wildman–Crippen LogP) is 5.51. The Labute approximate surface area is 189 Å². The first-order chi connectivity index (χ1) is 15.8. The Morgan fingerprint density at radius 2 is 2.09 bits per heavy atom. The second-order valence-electron chi connectivity index (χ2n) is 7.64. The molecule has 0 bridgehead atoms. The summed E-state index contributed by atoms with van der Waals surface area (Å²) in [4.78, 5) is 25.7. The summed E-state index contributed by atoms with van der Waals surface area (Å²) in [6.45, 7) is 0.555. The third kappa shape index (κ3) is 4.15. The molecule has 0 saturated carbocycles. The van der Waals surface area contributed by atoms with Gasteiger partial charge in [0.2, 0.25) is 0 Å².